The van der Waals surface area contributed by atoms with E-state index in [2.05, 4.69) is 31.6 Å². The second-order valence-electron chi connectivity index (χ2n) is 2.82. The predicted octanol–water partition coefficient (Wildman–Crippen LogP) is 1.67. The van der Waals surface area contributed by atoms with Gasteiger partial charge in [-0.3, -0.25) is 0 Å². The van der Waals surface area contributed by atoms with Gasteiger partial charge in [0, 0.05) is 5.38 Å². The molecule has 2 heterocycles. The van der Waals surface area contributed by atoms with Gasteiger partial charge in [-0.05, 0) is 41.4 Å². The van der Waals surface area contributed by atoms with Crippen molar-refractivity contribution in [3.05, 3.63) is 15.0 Å². The third kappa shape index (κ3) is 1.80. The van der Waals surface area contributed by atoms with Crippen molar-refractivity contribution in [1.29, 1.82) is 0 Å². The van der Waals surface area contributed by atoms with Crippen LogP contribution in [0.5, 0.6) is 0 Å². The van der Waals surface area contributed by atoms with Crippen molar-refractivity contribution in [2.45, 2.75) is 6.42 Å². The molecule has 1 saturated heterocycles. The summed E-state index contributed by atoms with van der Waals surface area (Å²) in [5.74, 6) is 0.823. The van der Waals surface area contributed by atoms with Crippen LogP contribution < -0.4 is 5.32 Å². The molecule has 1 fully saturated rings. The van der Waals surface area contributed by atoms with Crippen LogP contribution in [0.1, 0.15) is 5.69 Å². The number of aromatic nitrogens is 1. The quantitative estimate of drug-likeness (QED) is 0.840. The molecule has 1 aromatic rings. The van der Waals surface area contributed by atoms with Crippen LogP contribution in [0.3, 0.4) is 0 Å². The van der Waals surface area contributed by atoms with Gasteiger partial charge in [-0.15, -0.1) is 11.3 Å². The molecule has 0 atom stereocenters. The Morgan fingerprint density at radius 2 is 2.55 bits per heavy atom. The van der Waals surface area contributed by atoms with Crippen molar-refractivity contribution in [1.82, 2.24) is 10.3 Å². The first-order chi connectivity index (χ1) is 5.34. The molecule has 1 aliphatic heterocycles. The van der Waals surface area contributed by atoms with Gasteiger partial charge in [0.15, 0.2) is 3.92 Å². The predicted molar refractivity (Wildman–Crippen MR) is 49.9 cm³/mol. The van der Waals surface area contributed by atoms with Crippen molar-refractivity contribution in [2.24, 2.45) is 5.92 Å². The first-order valence-electron chi connectivity index (χ1n) is 3.65. The average molecular weight is 233 g/mol. The van der Waals surface area contributed by atoms with E-state index in [4.69, 9.17) is 0 Å². The fourth-order valence-electron chi connectivity index (χ4n) is 1.16. The van der Waals surface area contributed by atoms with Crippen LogP contribution in [0.25, 0.3) is 0 Å². The van der Waals surface area contributed by atoms with Gasteiger partial charge in [-0.25, -0.2) is 4.98 Å². The minimum absolute atomic E-state index is 0.823. The van der Waals surface area contributed by atoms with Crippen LogP contribution >= 0.6 is 27.3 Å². The van der Waals surface area contributed by atoms with Gasteiger partial charge >= 0.3 is 0 Å². The summed E-state index contributed by atoms with van der Waals surface area (Å²) in [5.41, 5.74) is 1.23. The first-order valence-corrected chi connectivity index (χ1v) is 5.32. The molecule has 2 rings (SSSR count). The Morgan fingerprint density at radius 3 is 3.00 bits per heavy atom. The zero-order chi connectivity index (χ0) is 7.68. The molecule has 0 radical (unpaired) electrons. The number of rotatable bonds is 2. The number of nitrogens with zero attached hydrogens (tertiary/aromatic N) is 1. The van der Waals surface area contributed by atoms with E-state index in [0.717, 1.165) is 29.3 Å². The molecule has 0 aliphatic carbocycles. The second kappa shape index (κ2) is 3.21. The van der Waals surface area contributed by atoms with Crippen LogP contribution in [0, 0.1) is 5.92 Å². The van der Waals surface area contributed by atoms with Crippen LogP contribution in [0.4, 0.5) is 0 Å². The average Bonchev–Trinajstić information content (AvgIpc) is 2.27. The number of hydrogen-bond donors (Lipinski definition) is 1. The summed E-state index contributed by atoms with van der Waals surface area (Å²) >= 11 is 5.02. The molecule has 1 aliphatic rings. The van der Waals surface area contributed by atoms with Crippen molar-refractivity contribution >= 4 is 27.3 Å². The van der Waals surface area contributed by atoms with Crippen LogP contribution in [-0.4, -0.2) is 18.1 Å². The molecule has 2 nitrogen and oxygen atoms in total. The largest absolute Gasteiger partial charge is 0.316 e. The smallest absolute Gasteiger partial charge is 0.159 e. The van der Waals surface area contributed by atoms with Gasteiger partial charge < -0.3 is 5.32 Å². The highest BCUT2D eigenvalue weighted by molar-refractivity contribution is 9.11. The van der Waals surface area contributed by atoms with E-state index >= 15 is 0 Å². The minimum Gasteiger partial charge on any atom is -0.316 e. The van der Waals surface area contributed by atoms with E-state index in [0.29, 0.717) is 0 Å². The Kier molecular flexibility index (Phi) is 2.25. The lowest BCUT2D eigenvalue weighted by Gasteiger charge is -2.26. The molecule has 11 heavy (non-hydrogen) atoms. The van der Waals surface area contributed by atoms with Crippen LogP contribution in [0.15, 0.2) is 9.30 Å². The summed E-state index contributed by atoms with van der Waals surface area (Å²) in [6.07, 6.45) is 1.13. The molecule has 0 bridgehead atoms. The summed E-state index contributed by atoms with van der Waals surface area (Å²) in [4.78, 5) is 4.34. The molecule has 0 unspecified atom stereocenters. The maximum Gasteiger partial charge on any atom is 0.159 e. The molecule has 1 aromatic heterocycles. The highest BCUT2D eigenvalue weighted by Gasteiger charge is 2.17. The number of halogens is 1. The van der Waals surface area contributed by atoms with Gasteiger partial charge in [0.1, 0.15) is 0 Å². The van der Waals surface area contributed by atoms with Crippen molar-refractivity contribution in [3.8, 4) is 0 Å². The molecular weight excluding hydrogens is 224 g/mol. The van der Waals surface area contributed by atoms with Gasteiger partial charge in [0.05, 0.1) is 5.69 Å². The Hall–Kier alpha value is 0.0700. The van der Waals surface area contributed by atoms with Gasteiger partial charge in [-0.1, -0.05) is 0 Å². The molecule has 0 amide bonds. The standard InChI is InChI=1S/C7H9BrN2S/c8-7-10-6(4-11-7)1-5-2-9-3-5/h4-5,9H,1-3H2. The lowest BCUT2D eigenvalue weighted by atomic mass is 9.98. The molecular formula is C7H9BrN2S. The molecule has 0 spiro atoms. The van der Waals surface area contributed by atoms with Gasteiger partial charge in [0.2, 0.25) is 0 Å². The fourth-order valence-corrected chi connectivity index (χ4v) is 2.22. The summed E-state index contributed by atoms with van der Waals surface area (Å²) in [5, 5.41) is 5.38. The Morgan fingerprint density at radius 1 is 1.73 bits per heavy atom. The van der Waals surface area contributed by atoms with E-state index in [9.17, 15) is 0 Å². The van der Waals surface area contributed by atoms with Crippen molar-refractivity contribution < 1.29 is 0 Å². The second-order valence-corrected chi connectivity index (χ2v) is 4.95. The molecule has 0 saturated carbocycles. The van der Waals surface area contributed by atoms with E-state index in [1.165, 1.54) is 5.69 Å². The summed E-state index contributed by atoms with van der Waals surface area (Å²) < 4.78 is 1.000. The van der Waals surface area contributed by atoms with Gasteiger partial charge in [0.25, 0.3) is 0 Å². The first kappa shape index (κ1) is 7.71. The molecule has 4 heteroatoms. The maximum atomic E-state index is 4.34. The Balaban J connectivity index is 1.95. The highest BCUT2D eigenvalue weighted by atomic mass is 79.9. The van der Waals surface area contributed by atoms with E-state index in [1.807, 2.05) is 0 Å². The highest BCUT2D eigenvalue weighted by Crippen LogP contribution is 2.19. The number of nitrogens with one attached hydrogen (secondary N) is 1. The Bertz CT molecular complexity index is 244. The normalized spacial score (nSPS) is 18.3. The lowest BCUT2D eigenvalue weighted by Crippen LogP contribution is -2.43. The fraction of sp³-hybridized carbons (Fsp3) is 0.571. The van der Waals surface area contributed by atoms with Crippen molar-refractivity contribution in [2.75, 3.05) is 13.1 Å². The Labute approximate surface area is 78.2 Å². The van der Waals surface area contributed by atoms with E-state index < -0.39 is 0 Å². The van der Waals surface area contributed by atoms with Gasteiger partial charge in [-0.2, -0.15) is 0 Å². The third-order valence-corrected chi connectivity index (χ3v) is 3.30. The third-order valence-electron chi connectivity index (χ3n) is 1.89. The molecule has 0 aromatic carbocycles. The maximum absolute atomic E-state index is 4.34. The summed E-state index contributed by atoms with van der Waals surface area (Å²) in [7, 11) is 0. The monoisotopic (exact) mass is 232 g/mol. The minimum atomic E-state index is 0.823. The number of thiazole rings is 1. The molecule has 60 valence electrons. The topological polar surface area (TPSA) is 24.9 Å². The zero-order valence-corrected chi connectivity index (χ0v) is 8.41. The molecule has 1 N–H and O–H groups in total. The van der Waals surface area contributed by atoms with E-state index in [-0.39, 0.29) is 0 Å². The summed E-state index contributed by atoms with van der Waals surface area (Å²) in [6, 6.07) is 0. The van der Waals surface area contributed by atoms with Crippen LogP contribution in [-0.2, 0) is 6.42 Å². The lowest BCUT2D eigenvalue weighted by molar-refractivity contribution is 0.344. The summed E-state index contributed by atoms with van der Waals surface area (Å²) in [6.45, 7) is 2.32. The van der Waals surface area contributed by atoms with Crippen molar-refractivity contribution in [3.63, 3.8) is 0 Å². The van der Waals surface area contributed by atoms with E-state index in [1.54, 1.807) is 11.3 Å². The van der Waals surface area contributed by atoms with Crippen LogP contribution in [0.2, 0.25) is 0 Å². The zero-order valence-electron chi connectivity index (χ0n) is 6.01. The number of hydrogen-bond acceptors (Lipinski definition) is 3. The SMILES string of the molecule is Brc1nc(CC2CNC2)cs1.